The summed E-state index contributed by atoms with van der Waals surface area (Å²) in [6.07, 6.45) is 7.40. The molecule has 0 spiro atoms. The maximum Gasteiger partial charge on any atom is 0.230 e. The second-order valence-corrected chi connectivity index (χ2v) is 8.38. The van der Waals surface area contributed by atoms with Gasteiger partial charge in [0.2, 0.25) is 5.91 Å². The monoisotopic (exact) mass is 413 g/mol. The molecule has 0 heterocycles. The molecule has 1 aliphatic rings. The molecule has 1 fully saturated rings. The number of hydrogen-bond donors (Lipinski definition) is 1. The molecule has 1 aliphatic carbocycles. The molecule has 3 heteroatoms. The van der Waals surface area contributed by atoms with E-state index >= 15 is 0 Å². The lowest BCUT2D eigenvalue weighted by Crippen LogP contribution is -2.38. The molecular weight excluding hydrogens is 382 g/mol. The van der Waals surface area contributed by atoms with Gasteiger partial charge in [-0.3, -0.25) is 4.79 Å². The number of carbonyl (C=O) groups excluding carboxylic acids is 1. The van der Waals surface area contributed by atoms with Crippen LogP contribution in [-0.4, -0.2) is 18.1 Å². The van der Waals surface area contributed by atoms with Crippen molar-refractivity contribution in [3.05, 3.63) is 96.6 Å². The number of rotatable bonds is 8. The van der Waals surface area contributed by atoms with Crippen LogP contribution in [0.4, 0.5) is 0 Å². The number of ether oxygens (including phenoxy) is 1. The van der Waals surface area contributed by atoms with E-state index in [-0.39, 0.29) is 18.1 Å². The Morgan fingerprint density at radius 3 is 2.42 bits per heavy atom. The number of benzene rings is 3. The summed E-state index contributed by atoms with van der Waals surface area (Å²) in [6.45, 7) is 4.53. The number of amides is 1. The molecule has 2 atom stereocenters. The van der Waals surface area contributed by atoms with Gasteiger partial charge in [-0.15, -0.1) is 6.58 Å². The Labute approximate surface area is 185 Å². The van der Waals surface area contributed by atoms with E-state index in [0.717, 1.165) is 34.7 Å². The molecule has 0 aromatic heterocycles. The molecule has 0 radical (unpaired) electrons. The Morgan fingerprint density at radius 2 is 1.68 bits per heavy atom. The number of hydrogen-bond acceptors (Lipinski definition) is 2. The zero-order valence-electron chi connectivity index (χ0n) is 18.0. The fraction of sp³-hybridized carbons (Fsp3) is 0.321. The van der Waals surface area contributed by atoms with E-state index in [1.165, 1.54) is 19.3 Å². The van der Waals surface area contributed by atoms with Crippen molar-refractivity contribution in [3.63, 3.8) is 0 Å². The van der Waals surface area contributed by atoms with Crippen molar-refractivity contribution >= 4 is 16.7 Å². The summed E-state index contributed by atoms with van der Waals surface area (Å²) in [4.78, 5) is 13.5. The first kappa shape index (κ1) is 21.3. The van der Waals surface area contributed by atoms with Gasteiger partial charge in [-0.05, 0) is 34.7 Å². The molecule has 0 unspecified atom stereocenters. The smallest absolute Gasteiger partial charge is 0.230 e. The Balaban J connectivity index is 1.60. The standard InChI is InChI=1S/C28H31NO2/c1-2-26(31-25-15-7-4-8-16-25)27(28(30)29-20-21-11-5-3-6-12-21)24-18-17-22-13-9-10-14-23(22)19-24/h2-3,5-6,9-14,17-19,25-27H,1,4,7-8,15-16,20H2,(H,29,30)/t26-,27-/m1/s1. The van der Waals surface area contributed by atoms with Gasteiger partial charge >= 0.3 is 0 Å². The van der Waals surface area contributed by atoms with Crippen LogP contribution in [-0.2, 0) is 16.1 Å². The Bertz CT molecular complexity index is 1010. The molecule has 3 aromatic carbocycles. The van der Waals surface area contributed by atoms with Gasteiger partial charge in [0.05, 0.1) is 18.1 Å². The van der Waals surface area contributed by atoms with Crippen LogP contribution < -0.4 is 5.32 Å². The van der Waals surface area contributed by atoms with Crippen molar-refractivity contribution in [3.8, 4) is 0 Å². The summed E-state index contributed by atoms with van der Waals surface area (Å²) in [5.41, 5.74) is 2.04. The van der Waals surface area contributed by atoms with Crippen LogP contribution >= 0.6 is 0 Å². The van der Waals surface area contributed by atoms with Crippen LogP contribution in [0.1, 0.15) is 49.1 Å². The minimum Gasteiger partial charge on any atom is -0.370 e. The molecule has 3 nitrogen and oxygen atoms in total. The zero-order chi connectivity index (χ0) is 21.5. The maximum absolute atomic E-state index is 13.5. The van der Waals surface area contributed by atoms with Crippen molar-refractivity contribution in [2.24, 2.45) is 0 Å². The van der Waals surface area contributed by atoms with Gasteiger partial charge in [0.1, 0.15) is 0 Å². The molecule has 0 saturated heterocycles. The predicted octanol–water partition coefficient (Wildman–Crippen LogP) is 6.14. The molecule has 31 heavy (non-hydrogen) atoms. The average molecular weight is 414 g/mol. The Kier molecular flexibility index (Phi) is 7.16. The second-order valence-electron chi connectivity index (χ2n) is 8.38. The number of nitrogens with one attached hydrogen (secondary N) is 1. The molecule has 1 N–H and O–H groups in total. The van der Waals surface area contributed by atoms with Gasteiger partial charge in [-0.25, -0.2) is 0 Å². The van der Waals surface area contributed by atoms with Crippen molar-refractivity contribution in [2.45, 2.75) is 56.8 Å². The molecule has 1 amide bonds. The lowest BCUT2D eigenvalue weighted by Gasteiger charge is -2.31. The van der Waals surface area contributed by atoms with Crippen LogP contribution in [0.3, 0.4) is 0 Å². The minimum absolute atomic E-state index is 0.0279. The highest BCUT2D eigenvalue weighted by Gasteiger charge is 2.31. The first-order chi connectivity index (χ1) is 15.2. The lowest BCUT2D eigenvalue weighted by atomic mass is 9.89. The van der Waals surface area contributed by atoms with Crippen molar-refractivity contribution in [1.29, 1.82) is 0 Å². The second kappa shape index (κ2) is 10.4. The zero-order valence-corrected chi connectivity index (χ0v) is 18.0. The fourth-order valence-corrected chi connectivity index (χ4v) is 4.48. The molecule has 0 bridgehead atoms. The van der Waals surface area contributed by atoms with E-state index < -0.39 is 5.92 Å². The lowest BCUT2D eigenvalue weighted by molar-refractivity contribution is -0.127. The molecule has 3 aromatic rings. The molecule has 160 valence electrons. The topological polar surface area (TPSA) is 38.3 Å². The van der Waals surface area contributed by atoms with Crippen LogP contribution in [0.25, 0.3) is 10.8 Å². The normalized spacial score (nSPS) is 16.5. The first-order valence-corrected chi connectivity index (χ1v) is 11.3. The van der Waals surface area contributed by atoms with E-state index in [1.54, 1.807) is 6.08 Å². The molecule has 4 rings (SSSR count). The highest BCUT2D eigenvalue weighted by molar-refractivity contribution is 5.88. The van der Waals surface area contributed by atoms with Gasteiger partial charge in [0.15, 0.2) is 0 Å². The molecular formula is C28H31NO2. The largest absolute Gasteiger partial charge is 0.370 e. The number of fused-ring (bicyclic) bond motifs is 1. The van der Waals surface area contributed by atoms with Gasteiger partial charge in [-0.2, -0.15) is 0 Å². The van der Waals surface area contributed by atoms with Gasteiger partial charge in [0.25, 0.3) is 0 Å². The Hall–Kier alpha value is -2.91. The highest BCUT2D eigenvalue weighted by atomic mass is 16.5. The number of carbonyl (C=O) groups is 1. The summed E-state index contributed by atoms with van der Waals surface area (Å²) in [7, 11) is 0. The third-order valence-electron chi connectivity index (χ3n) is 6.19. The Morgan fingerprint density at radius 1 is 0.968 bits per heavy atom. The first-order valence-electron chi connectivity index (χ1n) is 11.3. The maximum atomic E-state index is 13.5. The van der Waals surface area contributed by atoms with Crippen molar-refractivity contribution < 1.29 is 9.53 Å². The van der Waals surface area contributed by atoms with E-state index in [9.17, 15) is 4.79 Å². The fourth-order valence-electron chi connectivity index (χ4n) is 4.48. The van der Waals surface area contributed by atoms with Gasteiger partial charge < -0.3 is 10.1 Å². The van der Waals surface area contributed by atoms with E-state index in [2.05, 4.69) is 42.2 Å². The van der Waals surface area contributed by atoms with Crippen LogP contribution in [0, 0.1) is 0 Å². The van der Waals surface area contributed by atoms with E-state index in [4.69, 9.17) is 4.74 Å². The van der Waals surface area contributed by atoms with Crippen LogP contribution in [0.2, 0.25) is 0 Å². The summed E-state index contributed by atoms with van der Waals surface area (Å²) >= 11 is 0. The third-order valence-corrected chi connectivity index (χ3v) is 6.19. The quantitative estimate of drug-likeness (QED) is 0.450. The van der Waals surface area contributed by atoms with E-state index in [1.807, 2.05) is 42.5 Å². The highest BCUT2D eigenvalue weighted by Crippen LogP contribution is 2.30. The SMILES string of the molecule is C=C[C@@H](OC1CCCCC1)[C@H](C(=O)NCc1ccccc1)c1ccc2ccccc2c1. The third kappa shape index (κ3) is 5.42. The predicted molar refractivity (Wildman–Crippen MR) is 127 cm³/mol. The summed E-state index contributed by atoms with van der Waals surface area (Å²) in [5.74, 6) is -0.465. The van der Waals surface area contributed by atoms with Crippen molar-refractivity contribution in [1.82, 2.24) is 5.32 Å². The summed E-state index contributed by atoms with van der Waals surface area (Å²) < 4.78 is 6.46. The van der Waals surface area contributed by atoms with Crippen LogP contribution in [0.5, 0.6) is 0 Å². The van der Waals surface area contributed by atoms with Gasteiger partial charge in [0, 0.05) is 6.54 Å². The van der Waals surface area contributed by atoms with E-state index in [0.29, 0.717) is 6.54 Å². The van der Waals surface area contributed by atoms with Gasteiger partial charge in [-0.1, -0.05) is 98.1 Å². The summed E-state index contributed by atoms with van der Waals surface area (Å²) in [5, 5.41) is 5.42. The van der Waals surface area contributed by atoms with Crippen LogP contribution in [0.15, 0.2) is 85.5 Å². The molecule has 1 saturated carbocycles. The van der Waals surface area contributed by atoms with Crippen molar-refractivity contribution in [2.75, 3.05) is 0 Å². The molecule has 0 aliphatic heterocycles. The summed E-state index contributed by atoms with van der Waals surface area (Å²) in [6, 6.07) is 24.5. The minimum atomic E-state index is -0.437. The average Bonchev–Trinajstić information content (AvgIpc) is 2.83.